The molecule has 0 radical (unpaired) electrons. The summed E-state index contributed by atoms with van der Waals surface area (Å²) in [6.07, 6.45) is 0.433. The van der Waals surface area contributed by atoms with E-state index in [2.05, 4.69) is 16.0 Å². The predicted octanol–water partition coefficient (Wildman–Crippen LogP) is -2.45. The fourth-order valence-electron chi connectivity index (χ4n) is 2.27. The molecule has 0 aliphatic carbocycles. The number of nitrogens with two attached hydrogens (primary N) is 3. The lowest BCUT2D eigenvalue weighted by molar-refractivity contribution is -0.142. The Hall–Kier alpha value is -2.89. The third kappa shape index (κ3) is 10.3. The summed E-state index contributed by atoms with van der Waals surface area (Å²) in [6, 6.07) is -3.18. The van der Waals surface area contributed by atoms with E-state index in [4.69, 9.17) is 22.6 Å². The number of carboxylic acid groups (broad SMARTS) is 1. The first-order chi connectivity index (χ1) is 13.0. The number of guanidine groups is 1. The van der Waals surface area contributed by atoms with E-state index in [9.17, 15) is 24.3 Å². The minimum atomic E-state index is -1.22. The summed E-state index contributed by atoms with van der Waals surface area (Å²) in [4.78, 5) is 46.8. The molecule has 0 unspecified atom stereocenters. The van der Waals surface area contributed by atoms with Crippen molar-refractivity contribution in [3.8, 4) is 0 Å². The van der Waals surface area contributed by atoms with Gasteiger partial charge in [0.2, 0.25) is 17.7 Å². The monoisotopic (exact) mass is 401 g/mol. The van der Waals surface area contributed by atoms with Gasteiger partial charge in [-0.1, -0.05) is 13.8 Å². The van der Waals surface area contributed by atoms with E-state index in [1.165, 1.54) is 0 Å². The minimum absolute atomic E-state index is 0.0362. The highest BCUT2D eigenvalue weighted by Gasteiger charge is 2.29. The third-order valence-electron chi connectivity index (χ3n) is 3.89. The van der Waals surface area contributed by atoms with Crippen LogP contribution in [-0.2, 0) is 19.2 Å². The van der Waals surface area contributed by atoms with Crippen LogP contribution in [0.1, 0.15) is 39.5 Å². The van der Waals surface area contributed by atoms with Gasteiger partial charge in [-0.15, -0.1) is 0 Å². The van der Waals surface area contributed by atoms with Crippen LogP contribution in [0, 0.1) is 11.3 Å². The van der Waals surface area contributed by atoms with Crippen LogP contribution in [0.4, 0.5) is 0 Å². The van der Waals surface area contributed by atoms with Crippen molar-refractivity contribution in [1.82, 2.24) is 16.0 Å². The highest BCUT2D eigenvalue weighted by atomic mass is 16.4. The van der Waals surface area contributed by atoms with Crippen molar-refractivity contribution in [1.29, 1.82) is 5.41 Å². The molecule has 0 aromatic heterocycles. The molecule has 0 saturated heterocycles. The second-order valence-electron chi connectivity index (χ2n) is 6.72. The van der Waals surface area contributed by atoms with Crippen molar-refractivity contribution in [2.75, 3.05) is 6.54 Å². The van der Waals surface area contributed by atoms with Crippen molar-refractivity contribution in [2.24, 2.45) is 23.1 Å². The largest absolute Gasteiger partial charge is 0.480 e. The maximum atomic E-state index is 12.5. The average molecular weight is 401 g/mol. The van der Waals surface area contributed by atoms with E-state index in [1.54, 1.807) is 13.8 Å². The van der Waals surface area contributed by atoms with Gasteiger partial charge in [-0.2, -0.15) is 0 Å². The minimum Gasteiger partial charge on any atom is -0.480 e. The lowest BCUT2D eigenvalue weighted by Gasteiger charge is -2.25. The van der Waals surface area contributed by atoms with E-state index in [0.29, 0.717) is 6.42 Å². The Morgan fingerprint density at radius 3 is 2.11 bits per heavy atom. The van der Waals surface area contributed by atoms with E-state index >= 15 is 0 Å². The smallest absolute Gasteiger partial charge is 0.326 e. The van der Waals surface area contributed by atoms with E-state index in [1.807, 2.05) is 0 Å². The van der Waals surface area contributed by atoms with Crippen molar-refractivity contribution in [3.63, 3.8) is 0 Å². The molecule has 0 bridgehead atoms. The Morgan fingerprint density at radius 1 is 1.04 bits per heavy atom. The molecular formula is C16H31N7O5. The molecule has 0 aliphatic heterocycles. The fourth-order valence-corrected chi connectivity index (χ4v) is 2.27. The molecule has 0 aliphatic rings. The van der Waals surface area contributed by atoms with E-state index in [-0.39, 0.29) is 37.7 Å². The summed E-state index contributed by atoms with van der Waals surface area (Å²) in [7, 11) is 0. The predicted molar refractivity (Wildman–Crippen MR) is 102 cm³/mol. The van der Waals surface area contributed by atoms with Crippen LogP contribution < -0.4 is 33.2 Å². The number of nitrogens with one attached hydrogen (secondary N) is 4. The van der Waals surface area contributed by atoms with Gasteiger partial charge < -0.3 is 38.3 Å². The molecule has 12 nitrogen and oxygen atoms in total. The molecule has 3 amide bonds. The van der Waals surface area contributed by atoms with Gasteiger partial charge in [0.25, 0.3) is 0 Å². The van der Waals surface area contributed by atoms with Gasteiger partial charge in [0, 0.05) is 13.0 Å². The van der Waals surface area contributed by atoms with Crippen molar-refractivity contribution >= 4 is 29.7 Å². The second kappa shape index (κ2) is 12.5. The molecule has 160 valence electrons. The molecule has 0 aromatic rings. The van der Waals surface area contributed by atoms with Crippen molar-refractivity contribution < 1.29 is 24.3 Å². The zero-order valence-electron chi connectivity index (χ0n) is 16.2. The number of rotatable bonds is 13. The molecule has 0 spiro atoms. The van der Waals surface area contributed by atoms with Gasteiger partial charge in [0.15, 0.2) is 5.96 Å². The summed E-state index contributed by atoms with van der Waals surface area (Å²) in [6.45, 7) is 3.66. The van der Waals surface area contributed by atoms with Crippen LogP contribution in [0.3, 0.4) is 0 Å². The number of carboxylic acids is 1. The summed E-state index contributed by atoms with van der Waals surface area (Å²) in [5.74, 6) is -3.66. The second-order valence-corrected chi connectivity index (χ2v) is 6.72. The van der Waals surface area contributed by atoms with Crippen LogP contribution in [-0.4, -0.2) is 59.4 Å². The molecule has 0 saturated carbocycles. The lowest BCUT2D eigenvalue weighted by atomic mass is 10.0. The Bertz CT molecular complexity index is 582. The van der Waals surface area contributed by atoms with Gasteiger partial charge in [-0.05, 0) is 25.2 Å². The maximum absolute atomic E-state index is 12.5. The number of hydrogen-bond acceptors (Lipinski definition) is 6. The molecule has 0 fully saturated rings. The number of carbonyl (C=O) groups is 4. The zero-order chi connectivity index (χ0) is 21.9. The van der Waals surface area contributed by atoms with Gasteiger partial charge >= 0.3 is 5.97 Å². The van der Waals surface area contributed by atoms with E-state index in [0.717, 1.165) is 0 Å². The van der Waals surface area contributed by atoms with Crippen LogP contribution in [0.2, 0.25) is 0 Å². The quantitative estimate of drug-likeness (QED) is 0.0936. The molecule has 11 N–H and O–H groups in total. The van der Waals surface area contributed by atoms with Crippen molar-refractivity contribution in [2.45, 2.75) is 57.7 Å². The first-order valence-electron chi connectivity index (χ1n) is 8.91. The Labute approximate surface area is 163 Å². The molecule has 0 heterocycles. The third-order valence-corrected chi connectivity index (χ3v) is 3.89. The number of hydrogen-bond donors (Lipinski definition) is 8. The molecule has 3 atom stereocenters. The molecular weight excluding hydrogens is 370 g/mol. The van der Waals surface area contributed by atoms with Crippen LogP contribution in [0.25, 0.3) is 0 Å². The molecule has 12 heteroatoms. The van der Waals surface area contributed by atoms with Crippen LogP contribution in [0.5, 0.6) is 0 Å². The SMILES string of the molecule is CC(C)[C@H](NC(=O)[C@@H](N)CCC(N)=O)C(=O)N[C@@H](CCCNC(=N)N)C(=O)O. The van der Waals surface area contributed by atoms with Crippen LogP contribution in [0.15, 0.2) is 0 Å². The van der Waals surface area contributed by atoms with Gasteiger partial charge in [0.1, 0.15) is 12.1 Å². The fraction of sp³-hybridized carbons (Fsp3) is 0.688. The van der Waals surface area contributed by atoms with Gasteiger partial charge in [-0.3, -0.25) is 19.8 Å². The molecule has 0 rings (SSSR count). The number of primary amides is 1. The lowest BCUT2D eigenvalue weighted by Crippen LogP contribution is -2.56. The topological polar surface area (TPSA) is 227 Å². The first-order valence-corrected chi connectivity index (χ1v) is 8.91. The maximum Gasteiger partial charge on any atom is 0.326 e. The number of aliphatic carboxylic acids is 1. The van der Waals surface area contributed by atoms with E-state index < -0.39 is 41.8 Å². The Kier molecular flexibility index (Phi) is 11.2. The summed E-state index contributed by atoms with van der Waals surface area (Å²) >= 11 is 0. The van der Waals surface area contributed by atoms with Gasteiger partial charge in [0.05, 0.1) is 6.04 Å². The summed E-state index contributed by atoms with van der Waals surface area (Å²) in [5.41, 5.74) is 15.8. The highest BCUT2D eigenvalue weighted by molar-refractivity contribution is 5.92. The molecule has 28 heavy (non-hydrogen) atoms. The standard InChI is InChI=1S/C16H31N7O5/c1-8(2)12(23-13(25)9(17)5-6-11(18)24)14(26)22-10(15(27)28)4-3-7-21-16(19)20/h8-10,12H,3-7,17H2,1-2H3,(H2,18,24)(H,22,26)(H,23,25)(H,27,28)(H4,19,20,21)/t9-,10-,12-/m0/s1. The Balaban J connectivity index is 4.83. The summed E-state index contributed by atoms with van der Waals surface area (Å²) < 4.78 is 0. The molecule has 0 aromatic carbocycles. The van der Waals surface area contributed by atoms with Crippen LogP contribution >= 0.6 is 0 Å². The Morgan fingerprint density at radius 2 is 1.64 bits per heavy atom. The summed E-state index contributed by atoms with van der Waals surface area (Å²) in [5, 5.41) is 23.8. The van der Waals surface area contributed by atoms with Crippen molar-refractivity contribution in [3.05, 3.63) is 0 Å². The average Bonchev–Trinajstić information content (AvgIpc) is 2.58. The van der Waals surface area contributed by atoms with Gasteiger partial charge in [-0.25, -0.2) is 4.79 Å². The number of carbonyl (C=O) groups excluding carboxylic acids is 3. The first kappa shape index (κ1) is 25.1. The zero-order valence-corrected chi connectivity index (χ0v) is 16.2. The number of amides is 3. The normalized spacial score (nSPS) is 13.9. The highest BCUT2D eigenvalue weighted by Crippen LogP contribution is 2.06.